The molecule has 1 aliphatic rings. The van der Waals surface area contributed by atoms with Crippen molar-refractivity contribution in [2.75, 3.05) is 38.2 Å². The third-order valence-electron chi connectivity index (χ3n) is 5.20. The topological polar surface area (TPSA) is 143 Å². The number of aryl methyl sites for hydroxylation is 2. The average Bonchev–Trinajstić information content (AvgIpc) is 3.08. The van der Waals surface area contributed by atoms with Crippen LogP contribution in [0.3, 0.4) is 0 Å². The molecule has 1 saturated heterocycles. The molecule has 194 valence electrons. The molecule has 3 rings (SSSR count). The van der Waals surface area contributed by atoms with Crippen LogP contribution in [0.2, 0.25) is 0 Å². The number of ether oxygens (including phenoxy) is 2. The Morgan fingerprint density at radius 3 is 2.77 bits per heavy atom. The number of carbonyl (C=O) groups is 1. The molecule has 2 aromatic rings. The van der Waals surface area contributed by atoms with Gasteiger partial charge in [0.2, 0.25) is 0 Å². The maximum absolute atomic E-state index is 13.7. The van der Waals surface area contributed by atoms with Crippen molar-refractivity contribution in [2.24, 2.45) is 0 Å². The van der Waals surface area contributed by atoms with E-state index in [2.05, 4.69) is 10.3 Å². The quantitative estimate of drug-likeness (QED) is 0.458. The fraction of sp³-hybridized carbons (Fsp3) is 0.545. The highest BCUT2D eigenvalue weighted by molar-refractivity contribution is 7.87. The Balaban J connectivity index is 1.57. The van der Waals surface area contributed by atoms with Gasteiger partial charge < -0.3 is 24.3 Å². The number of anilines is 2. The van der Waals surface area contributed by atoms with E-state index in [0.29, 0.717) is 23.2 Å². The minimum atomic E-state index is -4.16. The molecule has 13 heteroatoms. The lowest BCUT2D eigenvalue weighted by atomic mass is 10.1. The van der Waals surface area contributed by atoms with Gasteiger partial charge in [-0.3, -0.25) is 4.79 Å². The average molecular weight is 515 g/mol. The zero-order valence-electron chi connectivity index (χ0n) is 20.1. The first-order valence-corrected chi connectivity index (χ1v) is 12.5. The lowest BCUT2D eigenvalue weighted by molar-refractivity contribution is -0.0613. The van der Waals surface area contributed by atoms with Crippen LogP contribution in [0.4, 0.5) is 16.1 Å². The number of amides is 1. The number of hydrogen-bond acceptors (Lipinski definition) is 9. The van der Waals surface area contributed by atoms with Crippen molar-refractivity contribution in [3.63, 3.8) is 0 Å². The molecule has 0 bridgehead atoms. The number of nitrogens with zero attached hydrogens (tertiary/aromatic N) is 2. The lowest BCUT2D eigenvalue weighted by Gasteiger charge is -2.20. The second-order valence-corrected chi connectivity index (χ2v) is 10.7. The summed E-state index contributed by atoms with van der Waals surface area (Å²) in [7, 11) is -4.16. The summed E-state index contributed by atoms with van der Waals surface area (Å²) in [6.45, 7) is 7.19. The van der Waals surface area contributed by atoms with Crippen LogP contribution in [0, 0.1) is 19.7 Å². The van der Waals surface area contributed by atoms with Crippen LogP contribution in [0.1, 0.15) is 41.9 Å². The van der Waals surface area contributed by atoms with Gasteiger partial charge in [-0.2, -0.15) is 17.7 Å². The third kappa shape index (κ3) is 7.70. The highest BCUT2D eigenvalue weighted by Crippen LogP contribution is 2.23. The van der Waals surface area contributed by atoms with E-state index in [1.54, 1.807) is 33.8 Å². The van der Waals surface area contributed by atoms with E-state index in [0.717, 1.165) is 10.6 Å². The van der Waals surface area contributed by atoms with Gasteiger partial charge in [-0.25, -0.2) is 9.11 Å². The summed E-state index contributed by atoms with van der Waals surface area (Å²) < 4.78 is 58.6. The van der Waals surface area contributed by atoms with E-state index in [1.165, 1.54) is 6.07 Å². The molecular weight excluding hydrogens is 483 g/mol. The highest BCUT2D eigenvalue weighted by Gasteiger charge is 2.29. The Kier molecular flexibility index (Phi) is 8.49. The predicted octanol–water partition coefficient (Wildman–Crippen LogP) is 2.03. The smallest absolute Gasteiger partial charge is 0.304 e. The summed E-state index contributed by atoms with van der Waals surface area (Å²) >= 11 is 0. The third-order valence-corrected chi connectivity index (χ3v) is 6.69. The Morgan fingerprint density at radius 1 is 1.31 bits per heavy atom. The molecule has 2 heterocycles. The number of aliphatic hydroxyl groups is 1. The SMILES string of the molecule is Cc1cc(Nc2nc(C(=O)NS(=O)(=O)N3CCOC(COCC(C)(C)O)CC3)co2)c(C)cc1F. The number of oxazole rings is 1. The van der Waals surface area contributed by atoms with Gasteiger partial charge in [0.05, 0.1) is 31.5 Å². The van der Waals surface area contributed by atoms with Crippen molar-refractivity contribution in [3.8, 4) is 0 Å². The molecule has 1 atom stereocenters. The van der Waals surface area contributed by atoms with E-state index in [9.17, 15) is 22.7 Å². The summed E-state index contributed by atoms with van der Waals surface area (Å²) in [4.78, 5) is 16.5. The van der Waals surface area contributed by atoms with E-state index >= 15 is 0 Å². The largest absolute Gasteiger partial charge is 0.431 e. The van der Waals surface area contributed by atoms with Gasteiger partial charge in [0.25, 0.3) is 11.9 Å². The Hall–Kier alpha value is -2.58. The molecule has 0 aliphatic carbocycles. The number of benzene rings is 1. The molecule has 3 N–H and O–H groups in total. The number of hydrogen-bond donors (Lipinski definition) is 3. The highest BCUT2D eigenvalue weighted by atomic mass is 32.2. The van der Waals surface area contributed by atoms with E-state index < -0.39 is 21.7 Å². The maximum atomic E-state index is 13.7. The van der Waals surface area contributed by atoms with Crippen LogP contribution in [0.5, 0.6) is 0 Å². The molecule has 0 radical (unpaired) electrons. The first-order chi connectivity index (χ1) is 16.3. The molecule has 1 aromatic heterocycles. The number of carbonyl (C=O) groups excluding carboxylic acids is 1. The zero-order valence-corrected chi connectivity index (χ0v) is 20.9. The van der Waals surface area contributed by atoms with E-state index in [4.69, 9.17) is 13.9 Å². The Labute approximate surface area is 203 Å². The maximum Gasteiger partial charge on any atom is 0.304 e. The molecule has 35 heavy (non-hydrogen) atoms. The van der Waals surface area contributed by atoms with Crippen LogP contribution in [0.25, 0.3) is 0 Å². The molecule has 1 fully saturated rings. The number of nitrogens with one attached hydrogen (secondary N) is 2. The normalized spacial score (nSPS) is 17.7. The summed E-state index contributed by atoms with van der Waals surface area (Å²) in [5, 5.41) is 12.6. The van der Waals surface area contributed by atoms with Crippen molar-refractivity contribution in [3.05, 3.63) is 41.0 Å². The Morgan fingerprint density at radius 2 is 2.06 bits per heavy atom. The molecule has 11 nitrogen and oxygen atoms in total. The first kappa shape index (κ1) is 27.0. The van der Waals surface area contributed by atoms with Crippen molar-refractivity contribution in [2.45, 2.75) is 45.8 Å². The van der Waals surface area contributed by atoms with Gasteiger partial charge in [-0.05, 0) is 57.4 Å². The van der Waals surface area contributed by atoms with E-state index in [1.807, 2.05) is 4.72 Å². The molecule has 0 saturated carbocycles. The van der Waals surface area contributed by atoms with Gasteiger partial charge in [-0.1, -0.05) is 0 Å². The summed E-state index contributed by atoms with van der Waals surface area (Å²) in [6, 6.07) is 2.89. The van der Waals surface area contributed by atoms with Gasteiger partial charge in [0.15, 0.2) is 5.69 Å². The number of aromatic nitrogens is 1. The predicted molar refractivity (Wildman–Crippen MR) is 125 cm³/mol. The molecule has 0 spiro atoms. The number of rotatable bonds is 9. The van der Waals surface area contributed by atoms with Crippen molar-refractivity contribution in [1.29, 1.82) is 0 Å². The lowest BCUT2D eigenvalue weighted by Crippen LogP contribution is -2.44. The summed E-state index contributed by atoms with van der Waals surface area (Å²) in [5.41, 5.74) is 0.346. The monoisotopic (exact) mass is 514 g/mol. The van der Waals surface area contributed by atoms with Crippen LogP contribution in [-0.2, 0) is 19.7 Å². The van der Waals surface area contributed by atoms with Crippen molar-refractivity contribution in [1.82, 2.24) is 14.0 Å². The van der Waals surface area contributed by atoms with E-state index in [-0.39, 0.29) is 56.5 Å². The fourth-order valence-corrected chi connectivity index (χ4v) is 4.45. The van der Waals surface area contributed by atoms with Crippen LogP contribution < -0.4 is 10.0 Å². The summed E-state index contributed by atoms with van der Waals surface area (Å²) in [6.07, 6.45) is 1.05. The molecular formula is C22H31FN4O7S. The number of halogens is 1. The second kappa shape index (κ2) is 11.0. The molecule has 1 aromatic carbocycles. The zero-order chi connectivity index (χ0) is 25.8. The second-order valence-electron chi connectivity index (χ2n) is 9.02. The van der Waals surface area contributed by atoms with Crippen LogP contribution in [-0.4, -0.2) is 73.3 Å². The standard InChI is InChI=1S/C22H31FN4O7S/c1-14-10-18(15(2)9-17(14)23)24-21-25-19(12-34-21)20(28)26-35(30,31)27-6-5-16(33-8-7-27)11-32-13-22(3,4)29/h9-10,12,16,29H,5-8,11,13H2,1-4H3,(H,24,25)(H,26,28). The van der Waals surface area contributed by atoms with Crippen molar-refractivity contribution >= 4 is 27.8 Å². The Bertz CT molecular complexity index is 1150. The summed E-state index contributed by atoms with van der Waals surface area (Å²) in [5.74, 6) is -1.30. The van der Waals surface area contributed by atoms with Crippen molar-refractivity contribution < 1.29 is 36.6 Å². The molecule has 1 aliphatic heterocycles. The first-order valence-electron chi connectivity index (χ1n) is 11.1. The minimum Gasteiger partial charge on any atom is -0.431 e. The van der Waals surface area contributed by atoms with Gasteiger partial charge in [0.1, 0.15) is 12.1 Å². The van der Waals surface area contributed by atoms with Gasteiger partial charge >= 0.3 is 10.2 Å². The molecule has 1 unspecified atom stereocenters. The fourth-order valence-electron chi connectivity index (χ4n) is 3.32. The molecule has 1 amide bonds. The van der Waals surface area contributed by atoms with Gasteiger partial charge in [-0.15, -0.1) is 0 Å². The minimum absolute atomic E-state index is 0.0428. The van der Waals surface area contributed by atoms with Gasteiger partial charge in [0, 0.05) is 18.8 Å². The van der Waals surface area contributed by atoms with Crippen LogP contribution >= 0.6 is 0 Å². The van der Waals surface area contributed by atoms with Crippen LogP contribution in [0.15, 0.2) is 22.8 Å².